The molecule has 2 N–H and O–H groups in total. The molecule has 0 aromatic carbocycles. The molecule has 1 aromatic heterocycles. The van der Waals surface area contributed by atoms with Crippen LogP contribution in [0.5, 0.6) is 0 Å². The summed E-state index contributed by atoms with van der Waals surface area (Å²) in [5.74, 6) is -2.77. The lowest BCUT2D eigenvalue weighted by atomic mass is 10.1. The van der Waals surface area contributed by atoms with Crippen molar-refractivity contribution in [1.29, 1.82) is 0 Å². The Kier molecular flexibility index (Phi) is 5.34. The molecule has 1 rings (SSSR count). The number of carboxylic acids is 1. The zero-order valence-electron chi connectivity index (χ0n) is 12.0. The van der Waals surface area contributed by atoms with Crippen molar-refractivity contribution in [2.24, 2.45) is 0 Å². The molecule has 0 fully saturated rings. The summed E-state index contributed by atoms with van der Waals surface area (Å²) in [4.78, 5) is 42.0. The maximum atomic E-state index is 11.8. The lowest BCUT2D eigenvalue weighted by Gasteiger charge is -2.21. The molecular weight excluding hydrogens is 278 g/mol. The van der Waals surface area contributed by atoms with E-state index >= 15 is 0 Å². The van der Waals surface area contributed by atoms with Crippen LogP contribution in [-0.4, -0.2) is 44.6 Å². The van der Waals surface area contributed by atoms with Gasteiger partial charge in [0.25, 0.3) is 5.91 Å². The average Bonchev–Trinajstić information content (AvgIpc) is 2.36. The maximum absolute atomic E-state index is 11.8. The smallest absolute Gasteiger partial charge is 0.326 e. The standard InChI is InChI=1S/C13H17N3O5/c1-13(2,3)21-10(17)6-8(12(19)20)16-11(18)9-7-14-4-5-15-9/h4-5,7-8H,6H2,1-3H3,(H,16,18)(H,19,20)/t8-/m0/s1. The van der Waals surface area contributed by atoms with Crippen LogP contribution in [0.4, 0.5) is 0 Å². The quantitative estimate of drug-likeness (QED) is 0.754. The number of carboxylic acid groups (broad SMARTS) is 1. The first-order valence-electron chi connectivity index (χ1n) is 6.20. The Bertz CT molecular complexity index is 524. The van der Waals surface area contributed by atoms with Gasteiger partial charge in [-0.2, -0.15) is 0 Å². The number of nitrogens with zero attached hydrogens (tertiary/aromatic N) is 2. The van der Waals surface area contributed by atoms with Crippen molar-refractivity contribution >= 4 is 17.8 Å². The molecule has 1 atom stereocenters. The second-order valence-corrected chi connectivity index (χ2v) is 5.25. The predicted molar refractivity (Wildman–Crippen MR) is 71.4 cm³/mol. The molecule has 21 heavy (non-hydrogen) atoms. The van der Waals surface area contributed by atoms with E-state index in [1.807, 2.05) is 0 Å². The number of nitrogens with one attached hydrogen (secondary N) is 1. The third-order valence-electron chi connectivity index (χ3n) is 2.19. The second-order valence-electron chi connectivity index (χ2n) is 5.25. The van der Waals surface area contributed by atoms with Gasteiger partial charge in [0.1, 0.15) is 17.3 Å². The van der Waals surface area contributed by atoms with Gasteiger partial charge in [-0.15, -0.1) is 0 Å². The predicted octanol–water partition coefficient (Wildman–Crippen LogP) is 0.391. The van der Waals surface area contributed by atoms with Crippen LogP contribution >= 0.6 is 0 Å². The number of rotatable bonds is 5. The summed E-state index contributed by atoms with van der Waals surface area (Å²) in [6.45, 7) is 5.00. The Morgan fingerprint density at radius 1 is 1.33 bits per heavy atom. The highest BCUT2D eigenvalue weighted by molar-refractivity contribution is 5.95. The van der Waals surface area contributed by atoms with Crippen molar-refractivity contribution < 1.29 is 24.2 Å². The first-order chi connectivity index (χ1) is 9.69. The zero-order chi connectivity index (χ0) is 16.0. The van der Waals surface area contributed by atoms with Crippen LogP contribution in [0.3, 0.4) is 0 Å². The number of esters is 1. The molecule has 0 aliphatic carbocycles. The summed E-state index contributed by atoms with van der Waals surface area (Å²) in [6, 6.07) is -1.39. The summed E-state index contributed by atoms with van der Waals surface area (Å²) in [6.07, 6.45) is 3.41. The molecule has 0 aliphatic heterocycles. The minimum Gasteiger partial charge on any atom is -0.480 e. The number of hydrogen-bond acceptors (Lipinski definition) is 6. The number of carbonyl (C=O) groups excluding carboxylic acids is 2. The van der Waals surface area contributed by atoms with E-state index < -0.39 is 35.9 Å². The highest BCUT2D eigenvalue weighted by Crippen LogP contribution is 2.09. The van der Waals surface area contributed by atoms with Crippen LogP contribution in [0.15, 0.2) is 18.6 Å². The van der Waals surface area contributed by atoms with Crippen molar-refractivity contribution in [2.45, 2.75) is 38.8 Å². The second kappa shape index (κ2) is 6.78. The number of amides is 1. The number of hydrogen-bond donors (Lipinski definition) is 2. The molecule has 8 heteroatoms. The molecule has 0 saturated carbocycles. The van der Waals surface area contributed by atoms with Gasteiger partial charge < -0.3 is 15.2 Å². The number of aliphatic carboxylic acids is 1. The van der Waals surface area contributed by atoms with Crippen LogP contribution in [-0.2, 0) is 14.3 Å². The largest absolute Gasteiger partial charge is 0.480 e. The Morgan fingerprint density at radius 3 is 2.48 bits per heavy atom. The molecular formula is C13H17N3O5. The molecule has 0 saturated heterocycles. The molecule has 8 nitrogen and oxygen atoms in total. The van der Waals surface area contributed by atoms with Gasteiger partial charge in [0.15, 0.2) is 0 Å². The van der Waals surface area contributed by atoms with Crippen LogP contribution in [0.1, 0.15) is 37.7 Å². The third kappa shape index (κ3) is 5.98. The molecule has 0 aliphatic rings. The lowest BCUT2D eigenvalue weighted by Crippen LogP contribution is -2.43. The average molecular weight is 295 g/mol. The fourth-order valence-corrected chi connectivity index (χ4v) is 1.40. The Morgan fingerprint density at radius 2 is 2.00 bits per heavy atom. The topological polar surface area (TPSA) is 118 Å². The van der Waals surface area contributed by atoms with E-state index in [1.165, 1.54) is 18.6 Å². The summed E-state index contributed by atoms with van der Waals surface area (Å²) in [5.41, 5.74) is -0.761. The monoisotopic (exact) mass is 295 g/mol. The van der Waals surface area contributed by atoms with Crippen molar-refractivity contribution in [3.05, 3.63) is 24.3 Å². The molecule has 0 bridgehead atoms. The number of ether oxygens (including phenoxy) is 1. The van der Waals surface area contributed by atoms with E-state index in [4.69, 9.17) is 9.84 Å². The van der Waals surface area contributed by atoms with Gasteiger partial charge in [-0.05, 0) is 20.8 Å². The van der Waals surface area contributed by atoms with Gasteiger partial charge in [0.2, 0.25) is 0 Å². The number of aromatic nitrogens is 2. The van der Waals surface area contributed by atoms with E-state index in [0.29, 0.717) is 0 Å². The molecule has 1 amide bonds. The number of carbonyl (C=O) groups is 3. The fourth-order valence-electron chi connectivity index (χ4n) is 1.40. The summed E-state index contributed by atoms with van der Waals surface area (Å²) >= 11 is 0. The van der Waals surface area contributed by atoms with E-state index in [0.717, 1.165) is 0 Å². The van der Waals surface area contributed by atoms with Crippen molar-refractivity contribution in [1.82, 2.24) is 15.3 Å². The SMILES string of the molecule is CC(C)(C)OC(=O)C[C@H](NC(=O)c1cnccn1)C(=O)O. The van der Waals surface area contributed by atoms with Gasteiger partial charge in [0, 0.05) is 12.4 Å². The minimum absolute atomic E-state index is 0.0343. The Hall–Kier alpha value is -2.51. The van der Waals surface area contributed by atoms with Crippen molar-refractivity contribution in [3.63, 3.8) is 0 Å². The summed E-state index contributed by atoms with van der Waals surface area (Å²) in [5, 5.41) is 11.3. The van der Waals surface area contributed by atoms with Gasteiger partial charge in [-0.25, -0.2) is 9.78 Å². The fraction of sp³-hybridized carbons (Fsp3) is 0.462. The Balaban J connectivity index is 2.69. The Labute approximate surface area is 121 Å². The van der Waals surface area contributed by atoms with E-state index in [2.05, 4.69) is 15.3 Å². The van der Waals surface area contributed by atoms with Gasteiger partial charge in [-0.3, -0.25) is 14.6 Å². The van der Waals surface area contributed by atoms with Crippen molar-refractivity contribution in [3.8, 4) is 0 Å². The molecule has 0 spiro atoms. The van der Waals surface area contributed by atoms with E-state index in [1.54, 1.807) is 20.8 Å². The lowest BCUT2D eigenvalue weighted by molar-refractivity contribution is -0.158. The molecule has 1 aromatic rings. The minimum atomic E-state index is -1.39. The van der Waals surface area contributed by atoms with Gasteiger partial charge in [-0.1, -0.05) is 0 Å². The molecule has 0 radical (unpaired) electrons. The van der Waals surface area contributed by atoms with Crippen LogP contribution in [0, 0.1) is 0 Å². The van der Waals surface area contributed by atoms with Crippen molar-refractivity contribution in [2.75, 3.05) is 0 Å². The highest BCUT2D eigenvalue weighted by atomic mass is 16.6. The highest BCUT2D eigenvalue weighted by Gasteiger charge is 2.27. The summed E-state index contributed by atoms with van der Waals surface area (Å²) in [7, 11) is 0. The van der Waals surface area contributed by atoms with Crippen LogP contribution in [0.2, 0.25) is 0 Å². The summed E-state index contributed by atoms with van der Waals surface area (Å²) < 4.78 is 5.02. The molecule has 114 valence electrons. The van der Waals surface area contributed by atoms with E-state index in [9.17, 15) is 14.4 Å². The van der Waals surface area contributed by atoms with Crippen LogP contribution < -0.4 is 5.32 Å². The first-order valence-corrected chi connectivity index (χ1v) is 6.20. The first kappa shape index (κ1) is 16.5. The molecule has 1 heterocycles. The molecule has 0 unspecified atom stereocenters. The van der Waals surface area contributed by atoms with E-state index in [-0.39, 0.29) is 5.69 Å². The van der Waals surface area contributed by atoms with Gasteiger partial charge >= 0.3 is 11.9 Å². The van der Waals surface area contributed by atoms with Gasteiger partial charge in [0.05, 0.1) is 12.6 Å². The normalized spacial score (nSPS) is 12.3. The zero-order valence-corrected chi connectivity index (χ0v) is 12.0. The third-order valence-corrected chi connectivity index (χ3v) is 2.19. The van der Waals surface area contributed by atoms with Crippen LogP contribution in [0.25, 0.3) is 0 Å². The maximum Gasteiger partial charge on any atom is 0.326 e.